The molecule has 0 aliphatic rings. The van der Waals surface area contributed by atoms with Gasteiger partial charge in [0.05, 0.1) is 6.61 Å². The minimum atomic E-state index is 0.109. The summed E-state index contributed by atoms with van der Waals surface area (Å²) in [6.45, 7) is 5.03. The molecular weight excluding hydrogens is 272 g/mol. The summed E-state index contributed by atoms with van der Waals surface area (Å²) >= 11 is 1.71. The molecule has 0 spiro atoms. The molecule has 0 saturated heterocycles. The number of nitrogens with one attached hydrogen (secondary N) is 2. The molecule has 0 bridgehead atoms. The van der Waals surface area contributed by atoms with Crippen LogP contribution in [0.3, 0.4) is 0 Å². The van der Waals surface area contributed by atoms with E-state index in [0.717, 1.165) is 18.8 Å². The van der Waals surface area contributed by atoms with Gasteiger partial charge in [0.15, 0.2) is 0 Å². The Kier molecular flexibility index (Phi) is 9.11. The highest BCUT2D eigenvalue weighted by molar-refractivity contribution is 7.99. The second-order valence-electron chi connectivity index (χ2n) is 4.50. The van der Waals surface area contributed by atoms with E-state index >= 15 is 0 Å². The van der Waals surface area contributed by atoms with Gasteiger partial charge in [0.25, 0.3) is 0 Å². The minimum Gasteiger partial charge on any atom is -0.383 e. The maximum Gasteiger partial charge on any atom is 0.220 e. The van der Waals surface area contributed by atoms with Gasteiger partial charge >= 0.3 is 0 Å². The molecule has 0 heterocycles. The Bertz CT molecular complexity index is 382. The summed E-state index contributed by atoms with van der Waals surface area (Å²) in [5, 5.41) is 6.08. The fourth-order valence-corrected chi connectivity index (χ4v) is 2.43. The van der Waals surface area contributed by atoms with Gasteiger partial charge in [-0.2, -0.15) is 0 Å². The standard InChI is InChI=1S/C15H24N2O2S/c1-13-3-5-14(6-4-13)20-12-7-15(18)17-9-8-16-10-11-19-2/h3-6,16H,7-12H2,1-2H3,(H,17,18). The Labute approximate surface area is 125 Å². The number of benzene rings is 1. The van der Waals surface area contributed by atoms with E-state index in [1.165, 1.54) is 10.5 Å². The maximum absolute atomic E-state index is 11.6. The lowest BCUT2D eigenvalue weighted by atomic mass is 10.2. The maximum atomic E-state index is 11.6. The Morgan fingerprint density at radius 1 is 1.20 bits per heavy atom. The molecule has 4 nitrogen and oxygen atoms in total. The van der Waals surface area contributed by atoms with Crippen molar-refractivity contribution in [3.8, 4) is 0 Å². The van der Waals surface area contributed by atoms with Gasteiger partial charge in [-0.15, -0.1) is 11.8 Å². The zero-order valence-corrected chi connectivity index (χ0v) is 13.1. The normalized spacial score (nSPS) is 10.5. The highest BCUT2D eigenvalue weighted by Gasteiger charge is 2.01. The van der Waals surface area contributed by atoms with Crippen molar-refractivity contribution in [2.24, 2.45) is 0 Å². The SMILES string of the molecule is COCCNCCNC(=O)CCSc1ccc(C)cc1. The number of rotatable bonds is 10. The first-order valence-corrected chi connectivity index (χ1v) is 7.87. The molecule has 0 atom stereocenters. The first-order chi connectivity index (χ1) is 9.72. The third-order valence-corrected chi connectivity index (χ3v) is 3.74. The fourth-order valence-electron chi connectivity index (χ4n) is 1.57. The molecule has 0 radical (unpaired) electrons. The molecule has 1 rings (SSSR count). The van der Waals surface area contributed by atoms with Gasteiger partial charge < -0.3 is 15.4 Å². The van der Waals surface area contributed by atoms with Crippen LogP contribution in [-0.2, 0) is 9.53 Å². The molecule has 0 aliphatic heterocycles. The number of carbonyl (C=O) groups is 1. The summed E-state index contributed by atoms with van der Waals surface area (Å²) < 4.78 is 4.92. The number of hydrogen-bond acceptors (Lipinski definition) is 4. The van der Waals surface area contributed by atoms with Crippen molar-refractivity contribution < 1.29 is 9.53 Å². The van der Waals surface area contributed by atoms with Crippen molar-refractivity contribution in [2.45, 2.75) is 18.2 Å². The number of amides is 1. The number of hydrogen-bond donors (Lipinski definition) is 2. The minimum absolute atomic E-state index is 0.109. The van der Waals surface area contributed by atoms with Crippen LogP contribution in [0.5, 0.6) is 0 Å². The van der Waals surface area contributed by atoms with Crippen molar-refractivity contribution in [3.63, 3.8) is 0 Å². The van der Waals surface area contributed by atoms with Gasteiger partial charge in [-0.1, -0.05) is 17.7 Å². The quantitative estimate of drug-likeness (QED) is 0.511. The van der Waals surface area contributed by atoms with Crippen LogP contribution in [-0.4, -0.2) is 45.0 Å². The summed E-state index contributed by atoms with van der Waals surface area (Å²) in [7, 11) is 1.68. The molecular formula is C15H24N2O2S. The number of carbonyl (C=O) groups excluding carboxylic acids is 1. The summed E-state index contributed by atoms with van der Waals surface area (Å²) in [5.41, 5.74) is 1.26. The highest BCUT2D eigenvalue weighted by Crippen LogP contribution is 2.18. The molecule has 1 aromatic rings. The molecule has 0 unspecified atom stereocenters. The molecule has 0 aliphatic carbocycles. The van der Waals surface area contributed by atoms with Gasteiger partial charge in [0.2, 0.25) is 5.91 Å². The Balaban J connectivity index is 2.01. The van der Waals surface area contributed by atoms with Crippen LogP contribution in [0.2, 0.25) is 0 Å². The molecule has 0 aromatic heterocycles. The lowest BCUT2D eigenvalue weighted by molar-refractivity contribution is -0.120. The molecule has 1 amide bonds. The average molecular weight is 296 g/mol. The van der Waals surface area contributed by atoms with Gasteiger partial charge in [-0.25, -0.2) is 0 Å². The van der Waals surface area contributed by atoms with Crippen LogP contribution in [0, 0.1) is 6.92 Å². The second-order valence-corrected chi connectivity index (χ2v) is 5.67. The van der Waals surface area contributed by atoms with Crippen molar-refractivity contribution in [1.82, 2.24) is 10.6 Å². The molecule has 2 N–H and O–H groups in total. The molecule has 112 valence electrons. The van der Waals surface area contributed by atoms with Crippen molar-refractivity contribution >= 4 is 17.7 Å². The molecule has 5 heteroatoms. The molecule has 1 aromatic carbocycles. The summed E-state index contributed by atoms with van der Waals surface area (Å²) in [5.74, 6) is 0.921. The van der Waals surface area contributed by atoms with E-state index in [1.807, 2.05) is 0 Å². The third-order valence-electron chi connectivity index (χ3n) is 2.73. The lowest BCUT2D eigenvalue weighted by Crippen LogP contribution is -2.33. The predicted octanol–water partition coefficient (Wildman–Crippen LogP) is 1.83. The van der Waals surface area contributed by atoms with Crippen LogP contribution >= 0.6 is 11.8 Å². The smallest absolute Gasteiger partial charge is 0.220 e. The van der Waals surface area contributed by atoms with E-state index in [0.29, 0.717) is 19.6 Å². The van der Waals surface area contributed by atoms with Gasteiger partial charge in [0.1, 0.15) is 0 Å². The van der Waals surface area contributed by atoms with Crippen molar-refractivity contribution in [2.75, 3.05) is 39.1 Å². The van der Waals surface area contributed by atoms with E-state index in [4.69, 9.17) is 4.74 Å². The van der Waals surface area contributed by atoms with E-state index < -0.39 is 0 Å². The highest BCUT2D eigenvalue weighted by atomic mass is 32.2. The Morgan fingerprint density at radius 2 is 1.95 bits per heavy atom. The molecule has 0 fully saturated rings. The summed E-state index contributed by atoms with van der Waals surface area (Å²) in [6.07, 6.45) is 0.552. The zero-order chi connectivity index (χ0) is 14.6. The van der Waals surface area contributed by atoms with E-state index in [2.05, 4.69) is 41.8 Å². The Hall–Kier alpha value is -1.04. The van der Waals surface area contributed by atoms with E-state index in [9.17, 15) is 4.79 Å². The third kappa shape index (κ3) is 8.19. The van der Waals surface area contributed by atoms with Gasteiger partial charge in [-0.3, -0.25) is 4.79 Å². The van der Waals surface area contributed by atoms with Crippen LogP contribution in [0.4, 0.5) is 0 Å². The van der Waals surface area contributed by atoms with Crippen LogP contribution in [0.1, 0.15) is 12.0 Å². The zero-order valence-electron chi connectivity index (χ0n) is 12.3. The van der Waals surface area contributed by atoms with Gasteiger partial charge in [0, 0.05) is 43.8 Å². The topological polar surface area (TPSA) is 50.4 Å². The van der Waals surface area contributed by atoms with Crippen molar-refractivity contribution in [1.29, 1.82) is 0 Å². The summed E-state index contributed by atoms with van der Waals surface area (Å²) in [6, 6.07) is 8.37. The first kappa shape index (κ1) is 17.0. The molecule has 20 heavy (non-hydrogen) atoms. The predicted molar refractivity (Wildman–Crippen MR) is 84.3 cm³/mol. The van der Waals surface area contributed by atoms with Crippen LogP contribution in [0.25, 0.3) is 0 Å². The van der Waals surface area contributed by atoms with E-state index in [1.54, 1.807) is 18.9 Å². The fraction of sp³-hybridized carbons (Fsp3) is 0.533. The number of aryl methyl sites for hydroxylation is 1. The molecule has 0 saturated carbocycles. The summed E-state index contributed by atoms with van der Waals surface area (Å²) in [4.78, 5) is 12.8. The lowest BCUT2D eigenvalue weighted by Gasteiger charge is -2.06. The Morgan fingerprint density at radius 3 is 2.65 bits per heavy atom. The van der Waals surface area contributed by atoms with Gasteiger partial charge in [-0.05, 0) is 19.1 Å². The van der Waals surface area contributed by atoms with Crippen LogP contribution in [0.15, 0.2) is 29.2 Å². The number of methoxy groups -OCH3 is 1. The largest absolute Gasteiger partial charge is 0.383 e. The van der Waals surface area contributed by atoms with E-state index in [-0.39, 0.29) is 5.91 Å². The second kappa shape index (κ2) is 10.7. The monoisotopic (exact) mass is 296 g/mol. The average Bonchev–Trinajstić information content (AvgIpc) is 2.45. The number of thioether (sulfide) groups is 1. The van der Waals surface area contributed by atoms with Crippen molar-refractivity contribution in [3.05, 3.63) is 29.8 Å². The first-order valence-electron chi connectivity index (χ1n) is 6.88. The number of ether oxygens (including phenoxy) is 1. The van der Waals surface area contributed by atoms with Crippen LogP contribution < -0.4 is 10.6 Å².